The standard InChI is InChI=1S/C13H21N3O2/c1-16(2)7-9-18-8-6-15-13(17)11-4-3-5-12(14)10-11/h3-5,10H,6-9,14H2,1-2H3,(H,15,17). The summed E-state index contributed by atoms with van der Waals surface area (Å²) in [5.74, 6) is -0.126. The highest BCUT2D eigenvalue weighted by Gasteiger charge is 2.04. The van der Waals surface area contributed by atoms with Gasteiger partial charge in [0.1, 0.15) is 0 Å². The van der Waals surface area contributed by atoms with Crippen molar-refractivity contribution in [2.45, 2.75) is 0 Å². The number of carbonyl (C=O) groups is 1. The summed E-state index contributed by atoms with van der Waals surface area (Å²) in [6, 6.07) is 6.90. The Morgan fingerprint density at radius 1 is 1.39 bits per heavy atom. The Labute approximate surface area is 108 Å². The minimum atomic E-state index is -0.126. The summed E-state index contributed by atoms with van der Waals surface area (Å²) in [5.41, 5.74) is 6.77. The van der Waals surface area contributed by atoms with E-state index in [4.69, 9.17) is 10.5 Å². The number of carbonyl (C=O) groups excluding carboxylic acids is 1. The summed E-state index contributed by atoms with van der Waals surface area (Å²) in [7, 11) is 3.98. The van der Waals surface area contributed by atoms with Gasteiger partial charge in [-0.25, -0.2) is 0 Å². The van der Waals surface area contributed by atoms with Gasteiger partial charge in [-0.15, -0.1) is 0 Å². The SMILES string of the molecule is CN(C)CCOCCNC(=O)c1cccc(N)c1. The Morgan fingerprint density at radius 2 is 2.17 bits per heavy atom. The Kier molecular flexibility index (Phi) is 6.18. The van der Waals surface area contributed by atoms with E-state index in [0.717, 1.165) is 6.54 Å². The van der Waals surface area contributed by atoms with E-state index in [9.17, 15) is 4.79 Å². The van der Waals surface area contributed by atoms with E-state index in [1.807, 2.05) is 19.0 Å². The lowest BCUT2D eigenvalue weighted by Gasteiger charge is -2.10. The smallest absolute Gasteiger partial charge is 0.251 e. The molecule has 0 saturated carbocycles. The maximum Gasteiger partial charge on any atom is 0.251 e. The van der Waals surface area contributed by atoms with Crippen LogP contribution in [0.25, 0.3) is 0 Å². The Morgan fingerprint density at radius 3 is 2.83 bits per heavy atom. The number of ether oxygens (including phenoxy) is 1. The molecule has 0 heterocycles. The van der Waals surface area contributed by atoms with Crippen LogP contribution in [-0.2, 0) is 4.74 Å². The predicted octanol–water partition coefficient (Wildman–Crippen LogP) is 0.577. The number of hydrogen-bond acceptors (Lipinski definition) is 4. The maximum atomic E-state index is 11.7. The van der Waals surface area contributed by atoms with Gasteiger partial charge >= 0.3 is 0 Å². The number of nitrogen functional groups attached to an aromatic ring is 1. The van der Waals surface area contributed by atoms with Gasteiger partial charge in [0.25, 0.3) is 5.91 Å². The van der Waals surface area contributed by atoms with Gasteiger partial charge in [0.15, 0.2) is 0 Å². The number of rotatable bonds is 7. The van der Waals surface area contributed by atoms with Crippen LogP contribution in [0.1, 0.15) is 10.4 Å². The fraction of sp³-hybridized carbons (Fsp3) is 0.462. The van der Waals surface area contributed by atoms with Gasteiger partial charge in [-0.3, -0.25) is 4.79 Å². The average Bonchev–Trinajstić information content (AvgIpc) is 2.33. The van der Waals surface area contributed by atoms with Gasteiger partial charge in [-0.1, -0.05) is 6.07 Å². The number of nitrogens with zero attached hydrogens (tertiary/aromatic N) is 1. The zero-order valence-electron chi connectivity index (χ0n) is 11.0. The largest absolute Gasteiger partial charge is 0.399 e. The van der Waals surface area contributed by atoms with Gasteiger partial charge in [0.2, 0.25) is 0 Å². The van der Waals surface area contributed by atoms with Crippen molar-refractivity contribution in [3.05, 3.63) is 29.8 Å². The van der Waals surface area contributed by atoms with Crippen LogP contribution in [0, 0.1) is 0 Å². The molecule has 0 aliphatic carbocycles. The van der Waals surface area contributed by atoms with E-state index in [0.29, 0.717) is 31.0 Å². The molecule has 0 radical (unpaired) electrons. The molecule has 1 rings (SSSR count). The molecule has 0 aliphatic rings. The lowest BCUT2D eigenvalue weighted by Crippen LogP contribution is -2.28. The van der Waals surface area contributed by atoms with Crippen molar-refractivity contribution in [3.8, 4) is 0 Å². The molecule has 0 aliphatic heterocycles. The Hall–Kier alpha value is -1.59. The van der Waals surface area contributed by atoms with E-state index in [1.165, 1.54) is 0 Å². The highest BCUT2D eigenvalue weighted by atomic mass is 16.5. The topological polar surface area (TPSA) is 67.6 Å². The quantitative estimate of drug-likeness (QED) is 0.549. The molecule has 1 amide bonds. The summed E-state index contributed by atoms with van der Waals surface area (Å²) in [6.07, 6.45) is 0. The second-order valence-electron chi connectivity index (χ2n) is 4.30. The van der Waals surface area contributed by atoms with E-state index >= 15 is 0 Å². The molecule has 0 atom stereocenters. The molecule has 0 aromatic heterocycles. The normalized spacial score (nSPS) is 10.6. The van der Waals surface area contributed by atoms with Crippen LogP contribution in [0.5, 0.6) is 0 Å². The molecule has 0 fully saturated rings. The second kappa shape index (κ2) is 7.68. The lowest BCUT2D eigenvalue weighted by molar-refractivity contribution is 0.0900. The van der Waals surface area contributed by atoms with Gasteiger partial charge in [-0.2, -0.15) is 0 Å². The molecule has 0 bridgehead atoms. The van der Waals surface area contributed by atoms with Crippen molar-refractivity contribution in [1.82, 2.24) is 10.2 Å². The van der Waals surface area contributed by atoms with Crippen LogP contribution < -0.4 is 11.1 Å². The molecular weight excluding hydrogens is 230 g/mol. The molecule has 3 N–H and O–H groups in total. The second-order valence-corrected chi connectivity index (χ2v) is 4.30. The Bertz CT molecular complexity index is 380. The third kappa shape index (κ3) is 5.65. The average molecular weight is 251 g/mol. The van der Waals surface area contributed by atoms with Gasteiger partial charge in [-0.05, 0) is 32.3 Å². The fourth-order valence-electron chi connectivity index (χ4n) is 1.37. The van der Waals surface area contributed by atoms with E-state index in [2.05, 4.69) is 5.32 Å². The minimum Gasteiger partial charge on any atom is -0.399 e. The molecule has 18 heavy (non-hydrogen) atoms. The number of likely N-dealkylation sites (N-methyl/N-ethyl adjacent to an activating group) is 1. The number of benzene rings is 1. The minimum absolute atomic E-state index is 0.126. The number of nitrogens with two attached hydrogens (primary N) is 1. The first-order valence-electron chi connectivity index (χ1n) is 5.96. The highest BCUT2D eigenvalue weighted by Crippen LogP contribution is 2.05. The molecule has 5 nitrogen and oxygen atoms in total. The number of anilines is 1. The molecule has 1 aromatic rings. The third-order valence-electron chi connectivity index (χ3n) is 2.36. The number of hydrogen-bond donors (Lipinski definition) is 2. The molecule has 1 aromatic carbocycles. The van der Waals surface area contributed by atoms with Gasteiger partial charge in [0, 0.05) is 24.3 Å². The number of amides is 1. The molecule has 0 spiro atoms. The van der Waals surface area contributed by atoms with Gasteiger partial charge in [0.05, 0.1) is 13.2 Å². The summed E-state index contributed by atoms with van der Waals surface area (Å²) >= 11 is 0. The lowest BCUT2D eigenvalue weighted by atomic mass is 10.2. The maximum absolute atomic E-state index is 11.7. The predicted molar refractivity (Wildman–Crippen MR) is 72.6 cm³/mol. The summed E-state index contributed by atoms with van der Waals surface area (Å²) in [6.45, 7) is 2.56. The molecule has 0 saturated heterocycles. The van der Waals surface area contributed by atoms with Crippen molar-refractivity contribution in [2.75, 3.05) is 46.1 Å². The van der Waals surface area contributed by atoms with Crippen molar-refractivity contribution >= 4 is 11.6 Å². The van der Waals surface area contributed by atoms with E-state index < -0.39 is 0 Å². The van der Waals surface area contributed by atoms with E-state index in [1.54, 1.807) is 24.3 Å². The third-order valence-corrected chi connectivity index (χ3v) is 2.36. The van der Waals surface area contributed by atoms with Crippen LogP contribution in [-0.4, -0.2) is 51.2 Å². The first-order valence-corrected chi connectivity index (χ1v) is 5.96. The molecule has 100 valence electrons. The van der Waals surface area contributed by atoms with Crippen molar-refractivity contribution in [3.63, 3.8) is 0 Å². The number of nitrogens with one attached hydrogen (secondary N) is 1. The highest BCUT2D eigenvalue weighted by molar-refractivity contribution is 5.94. The summed E-state index contributed by atoms with van der Waals surface area (Å²) < 4.78 is 5.37. The zero-order chi connectivity index (χ0) is 13.4. The molecule has 5 heteroatoms. The van der Waals surface area contributed by atoms with E-state index in [-0.39, 0.29) is 5.91 Å². The van der Waals surface area contributed by atoms with Gasteiger partial charge < -0.3 is 20.7 Å². The monoisotopic (exact) mass is 251 g/mol. The fourth-order valence-corrected chi connectivity index (χ4v) is 1.37. The molecular formula is C13H21N3O2. The van der Waals surface area contributed by atoms with Crippen LogP contribution in [0.15, 0.2) is 24.3 Å². The first kappa shape index (κ1) is 14.5. The summed E-state index contributed by atoms with van der Waals surface area (Å²) in [5, 5.41) is 2.78. The first-order chi connectivity index (χ1) is 8.59. The van der Waals surface area contributed by atoms with Crippen LogP contribution in [0.4, 0.5) is 5.69 Å². The van der Waals surface area contributed by atoms with Crippen molar-refractivity contribution in [1.29, 1.82) is 0 Å². The van der Waals surface area contributed by atoms with Crippen molar-refractivity contribution in [2.24, 2.45) is 0 Å². The zero-order valence-corrected chi connectivity index (χ0v) is 11.0. The van der Waals surface area contributed by atoms with Crippen LogP contribution >= 0.6 is 0 Å². The Balaban J connectivity index is 2.18. The van der Waals surface area contributed by atoms with Crippen LogP contribution in [0.2, 0.25) is 0 Å². The molecule has 0 unspecified atom stereocenters. The van der Waals surface area contributed by atoms with Crippen LogP contribution in [0.3, 0.4) is 0 Å². The summed E-state index contributed by atoms with van der Waals surface area (Å²) in [4.78, 5) is 13.8. The van der Waals surface area contributed by atoms with Crippen molar-refractivity contribution < 1.29 is 9.53 Å².